The maximum atomic E-state index is 12.9. The number of aliphatic hydroxyl groups is 1. The second-order valence-corrected chi connectivity index (χ2v) is 8.84. The summed E-state index contributed by atoms with van der Waals surface area (Å²) in [6.45, 7) is 2.88. The topological polar surface area (TPSA) is 32.7 Å². The summed E-state index contributed by atoms with van der Waals surface area (Å²) in [5, 5.41) is 12.0. The lowest BCUT2D eigenvalue weighted by molar-refractivity contribution is -0.137. The van der Waals surface area contributed by atoms with Crippen LogP contribution in [0, 0.1) is 5.92 Å². The number of likely N-dealkylation sites (tertiary alicyclic amines) is 1. The molecule has 0 amide bonds. The molecule has 0 spiro atoms. The van der Waals surface area contributed by atoms with E-state index in [0.717, 1.165) is 62.2 Å². The second kappa shape index (κ2) is 10.6. The van der Waals surface area contributed by atoms with Gasteiger partial charge < -0.3 is 14.7 Å². The van der Waals surface area contributed by atoms with Crippen molar-refractivity contribution in [3.8, 4) is 5.75 Å². The maximum absolute atomic E-state index is 12.9. The van der Waals surface area contributed by atoms with Crippen molar-refractivity contribution in [1.82, 2.24) is 4.90 Å². The Morgan fingerprint density at radius 3 is 1.91 bits per heavy atom. The first-order valence-corrected chi connectivity index (χ1v) is 11.7. The summed E-state index contributed by atoms with van der Waals surface area (Å²) in [7, 11) is 0. The first kappa shape index (κ1) is 24.3. The summed E-state index contributed by atoms with van der Waals surface area (Å²) in [5.41, 5.74) is 0.0842. The van der Waals surface area contributed by atoms with Gasteiger partial charge in [0.05, 0.1) is 12.2 Å². The lowest BCUT2D eigenvalue weighted by Gasteiger charge is -2.42. The zero-order valence-corrected chi connectivity index (χ0v) is 19.0. The Bertz CT molecular complexity index is 993. The highest BCUT2D eigenvalue weighted by molar-refractivity contribution is 5.37. The molecule has 180 valence electrons. The number of hydrogen-bond acceptors (Lipinski definition) is 3. The van der Waals surface area contributed by atoms with Crippen molar-refractivity contribution >= 4 is 0 Å². The first-order chi connectivity index (χ1) is 16.4. The van der Waals surface area contributed by atoms with Crippen molar-refractivity contribution in [2.75, 3.05) is 26.2 Å². The van der Waals surface area contributed by atoms with E-state index >= 15 is 0 Å². The highest BCUT2D eigenvalue weighted by Crippen LogP contribution is 2.41. The first-order valence-electron chi connectivity index (χ1n) is 11.7. The van der Waals surface area contributed by atoms with E-state index < -0.39 is 17.3 Å². The quantitative estimate of drug-likeness (QED) is 0.403. The molecule has 0 radical (unpaired) electrons. The Labute approximate surface area is 198 Å². The molecule has 1 saturated heterocycles. The molecule has 4 rings (SSSR count). The molecule has 0 aliphatic carbocycles. The molecule has 6 heteroatoms. The van der Waals surface area contributed by atoms with Gasteiger partial charge in [0, 0.05) is 6.54 Å². The van der Waals surface area contributed by atoms with Crippen LogP contribution in [0.1, 0.15) is 36.0 Å². The standard InChI is InChI=1S/C28H30F3NO2/c29-28(30,31)25-13-7-14-26(21-25)34-20-8-17-32-18-15-24(16-19-32)27(33,22-9-3-1-4-10-22)23-11-5-2-6-12-23/h1-7,9-14,21,24,33H,8,15-20H2. The average Bonchev–Trinajstić information content (AvgIpc) is 2.87. The Kier molecular flexibility index (Phi) is 7.59. The normalized spacial score (nSPS) is 15.9. The van der Waals surface area contributed by atoms with Gasteiger partial charge in [0.15, 0.2) is 0 Å². The van der Waals surface area contributed by atoms with Crippen LogP contribution in [0.4, 0.5) is 13.2 Å². The van der Waals surface area contributed by atoms with Crippen molar-refractivity contribution in [2.24, 2.45) is 5.92 Å². The van der Waals surface area contributed by atoms with Gasteiger partial charge in [0.1, 0.15) is 11.4 Å². The van der Waals surface area contributed by atoms with E-state index in [4.69, 9.17) is 4.74 Å². The van der Waals surface area contributed by atoms with Gasteiger partial charge in [-0.05, 0) is 67.6 Å². The third-order valence-corrected chi connectivity index (χ3v) is 6.65. The number of ether oxygens (including phenoxy) is 1. The van der Waals surface area contributed by atoms with Crippen LogP contribution in [0.2, 0.25) is 0 Å². The summed E-state index contributed by atoms with van der Waals surface area (Å²) in [6.07, 6.45) is -1.93. The van der Waals surface area contributed by atoms with Crippen molar-refractivity contribution < 1.29 is 23.0 Å². The lowest BCUT2D eigenvalue weighted by Crippen LogP contribution is -2.44. The molecule has 1 fully saturated rings. The lowest BCUT2D eigenvalue weighted by atomic mass is 9.72. The number of rotatable bonds is 8. The van der Waals surface area contributed by atoms with Gasteiger partial charge in [-0.2, -0.15) is 13.2 Å². The molecule has 0 unspecified atom stereocenters. The molecular weight excluding hydrogens is 439 g/mol. The van der Waals surface area contributed by atoms with E-state index in [2.05, 4.69) is 4.90 Å². The number of nitrogens with zero attached hydrogens (tertiary/aromatic N) is 1. The minimum atomic E-state index is -4.37. The number of piperidine rings is 1. The highest BCUT2D eigenvalue weighted by atomic mass is 19.4. The van der Waals surface area contributed by atoms with Crippen LogP contribution in [0.25, 0.3) is 0 Å². The molecule has 3 aromatic rings. The predicted octanol–water partition coefficient (Wildman–Crippen LogP) is 6.12. The van der Waals surface area contributed by atoms with Gasteiger partial charge in [-0.3, -0.25) is 0 Å². The Morgan fingerprint density at radius 2 is 1.35 bits per heavy atom. The van der Waals surface area contributed by atoms with Crippen LogP contribution >= 0.6 is 0 Å². The molecule has 1 aliphatic rings. The van der Waals surface area contributed by atoms with Crippen molar-refractivity contribution in [2.45, 2.75) is 31.0 Å². The van der Waals surface area contributed by atoms with Gasteiger partial charge in [0.25, 0.3) is 0 Å². The molecule has 1 N–H and O–H groups in total. The molecule has 1 heterocycles. The largest absolute Gasteiger partial charge is 0.494 e. The zero-order chi connectivity index (χ0) is 24.0. The van der Waals surface area contributed by atoms with Gasteiger partial charge in [0.2, 0.25) is 0 Å². The Morgan fingerprint density at radius 1 is 0.794 bits per heavy atom. The van der Waals surface area contributed by atoms with Crippen LogP contribution in [0.3, 0.4) is 0 Å². The molecule has 0 saturated carbocycles. The van der Waals surface area contributed by atoms with Crippen LogP contribution in [0.5, 0.6) is 5.75 Å². The summed E-state index contributed by atoms with van der Waals surface area (Å²) < 4.78 is 44.1. The SMILES string of the molecule is OC(c1ccccc1)(c1ccccc1)C1CCN(CCCOc2cccc(C(F)(F)F)c2)CC1. The van der Waals surface area contributed by atoms with Crippen LogP contribution in [-0.4, -0.2) is 36.2 Å². The van der Waals surface area contributed by atoms with Crippen molar-refractivity contribution in [3.63, 3.8) is 0 Å². The molecular formula is C28H30F3NO2. The van der Waals surface area contributed by atoms with Crippen molar-refractivity contribution in [1.29, 1.82) is 0 Å². The van der Waals surface area contributed by atoms with Gasteiger partial charge in [-0.25, -0.2) is 0 Å². The summed E-state index contributed by atoms with van der Waals surface area (Å²) in [4.78, 5) is 2.34. The molecule has 0 bridgehead atoms. The minimum Gasteiger partial charge on any atom is -0.494 e. The van der Waals surface area contributed by atoms with E-state index in [-0.39, 0.29) is 11.7 Å². The average molecular weight is 470 g/mol. The van der Waals surface area contributed by atoms with Crippen molar-refractivity contribution in [3.05, 3.63) is 102 Å². The molecule has 0 aromatic heterocycles. The van der Waals surface area contributed by atoms with Gasteiger partial charge >= 0.3 is 6.18 Å². The molecule has 1 aliphatic heterocycles. The van der Waals surface area contributed by atoms with Gasteiger partial charge in [-0.15, -0.1) is 0 Å². The van der Waals surface area contributed by atoms with E-state index in [0.29, 0.717) is 6.61 Å². The fourth-order valence-electron chi connectivity index (χ4n) is 4.84. The molecule has 3 aromatic carbocycles. The summed E-state index contributed by atoms with van der Waals surface area (Å²) >= 11 is 0. The number of hydrogen-bond donors (Lipinski definition) is 1. The van der Waals surface area contributed by atoms with E-state index in [1.807, 2.05) is 60.7 Å². The number of benzene rings is 3. The highest BCUT2D eigenvalue weighted by Gasteiger charge is 2.41. The van der Waals surface area contributed by atoms with Crippen LogP contribution in [0.15, 0.2) is 84.9 Å². The van der Waals surface area contributed by atoms with Crippen LogP contribution < -0.4 is 4.74 Å². The fraction of sp³-hybridized carbons (Fsp3) is 0.357. The van der Waals surface area contributed by atoms with Gasteiger partial charge in [-0.1, -0.05) is 66.7 Å². The molecule has 3 nitrogen and oxygen atoms in total. The fourth-order valence-corrected chi connectivity index (χ4v) is 4.84. The minimum absolute atomic E-state index is 0.0925. The van der Waals surface area contributed by atoms with E-state index in [9.17, 15) is 18.3 Å². The third kappa shape index (κ3) is 5.62. The maximum Gasteiger partial charge on any atom is 0.416 e. The third-order valence-electron chi connectivity index (χ3n) is 6.65. The Balaban J connectivity index is 1.31. The van der Waals surface area contributed by atoms with E-state index in [1.54, 1.807) is 6.07 Å². The summed E-state index contributed by atoms with van der Waals surface area (Å²) in [5.74, 6) is 0.333. The molecule has 0 atom stereocenters. The Hall–Kier alpha value is -2.83. The van der Waals surface area contributed by atoms with Crippen LogP contribution in [-0.2, 0) is 11.8 Å². The second-order valence-electron chi connectivity index (χ2n) is 8.84. The summed E-state index contributed by atoms with van der Waals surface area (Å²) in [6, 6.07) is 24.7. The zero-order valence-electron chi connectivity index (χ0n) is 19.0. The number of halogens is 3. The number of alkyl halides is 3. The smallest absolute Gasteiger partial charge is 0.416 e. The monoisotopic (exact) mass is 469 g/mol. The molecule has 34 heavy (non-hydrogen) atoms. The van der Waals surface area contributed by atoms with E-state index in [1.165, 1.54) is 6.07 Å². The predicted molar refractivity (Wildman–Crippen MR) is 127 cm³/mol.